The van der Waals surface area contributed by atoms with Gasteiger partial charge in [-0.1, -0.05) is 0 Å². The van der Waals surface area contributed by atoms with Crippen molar-refractivity contribution in [1.29, 1.82) is 0 Å². The average Bonchev–Trinajstić information content (AvgIpc) is 2.19. The van der Waals surface area contributed by atoms with Crippen LogP contribution in [0.3, 0.4) is 0 Å². The molecule has 0 aliphatic carbocycles. The van der Waals surface area contributed by atoms with Gasteiger partial charge in [-0.3, -0.25) is 4.79 Å². The van der Waals surface area contributed by atoms with Crippen LogP contribution >= 0.6 is 0 Å². The van der Waals surface area contributed by atoms with Crippen molar-refractivity contribution in [3.8, 4) is 0 Å². The van der Waals surface area contributed by atoms with Crippen LogP contribution < -0.4 is 10.9 Å². The van der Waals surface area contributed by atoms with E-state index in [1.165, 1.54) is 4.68 Å². The third kappa shape index (κ3) is 1.32. The van der Waals surface area contributed by atoms with Crippen molar-refractivity contribution in [2.24, 2.45) is 0 Å². The minimum absolute atomic E-state index is 0.0136. The van der Waals surface area contributed by atoms with E-state index in [0.29, 0.717) is 6.54 Å². The Hall–Kier alpha value is -1.32. The maximum atomic E-state index is 11.7. The monoisotopic (exact) mass is 179 g/mol. The fraction of sp³-hybridized carbons (Fsp3) is 0.556. The average molecular weight is 179 g/mol. The van der Waals surface area contributed by atoms with Crippen molar-refractivity contribution in [2.45, 2.75) is 26.3 Å². The molecule has 2 heterocycles. The molecule has 0 spiro atoms. The van der Waals surface area contributed by atoms with Gasteiger partial charge < -0.3 is 5.32 Å². The second kappa shape index (κ2) is 3.20. The van der Waals surface area contributed by atoms with Gasteiger partial charge in [-0.15, -0.1) is 0 Å². The minimum atomic E-state index is 0.0136. The van der Waals surface area contributed by atoms with Gasteiger partial charge in [0.15, 0.2) is 0 Å². The summed E-state index contributed by atoms with van der Waals surface area (Å²) in [7, 11) is 0. The molecule has 4 nitrogen and oxygen atoms in total. The zero-order valence-corrected chi connectivity index (χ0v) is 7.71. The van der Waals surface area contributed by atoms with Gasteiger partial charge in [0.25, 0.3) is 5.56 Å². The van der Waals surface area contributed by atoms with Crippen LogP contribution in [-0.4, -0.2) is 16.3 Å². The predicted octanol–water partition coefficient (Wildman–Crippen LogP) is 0.621. The van der Waals surface area contributed by atoms with E-state index in [-0.39, 0.29) is 5.56 Å². The molecule has 13 heavy (non-hydrogen) atoms. The first-order chi connectivity index (χ1) is 6.33. The molecule has 4 heteroatoms. The van der Waals surface area contributed by atoms with Crippen LogP contribution in [0.2, 0.25) is 0 Å². The highest BCUT2D eigenvalue weighted by Gasteiger charge is 2.13. The topological polar surface area (TPSA) is 46.9 Å². The van der Waals surface area contributed by atoms with Gasteiger partial charge in [0.05, 0.1) is 6.20 Å². The van der Waals surface area contributed by atoms with Crippen LogP contribution in [0.1, 0.15) is 18.9 Å². The summed E-state index contributed by atoms with van der Waals surface area (Å²) >= 11 is 0. The van der Waals surface area contributed by atoms with Crippen molar-refractivity contribution in [2.75, 3.05) is 11.9 Å². The summed E-state index contributed by atoms with van der Waals surface area (Å²) in [5.74, 6) is 0. The van der Waals surface area contributed by atoms with E-state index in [4.69, 9.17) is 0 Å². The van der Waals surface area contributed by atoms with Gasteiger partial charge in [0.1, 0.15) is 5.69 Å². The van der Waals surface area contributed by atoms with Crippen LogP contribution in [0, 0.1) is 0 Å². The van der Waals surface area contributed by atoms with E-state index in [9.17, 15) is 4.79 Å². The first-order valence-corrected chi connectivity index (χ1v) is 4.66. The molecule has 1 N–H and O–H groups in total. The standard InChI is InChI=1S/C9H13N3O/c1-2-12-9(13)8-7(6-11-12)4-3-5-10-8/h6,10H,2-5H2,1H3. The molecule has 0 amide bonds. The van der Waals surface area contributed by atoms with Crippen molar-refractivity contribution >= 4 is 5.69 Å². The molecule has 0 radical (unpaired) electrons. The van der Waals surface area contributed by atoms with Gasteiger partial charge in [-0.2, -0.15) is 5.10 Å². The Kier molecular flexibility index (Phi) is 2.04. The molecule has 0 bridgehead atoms. The van der Waals surface area contributed by atoms with E-state index in [1.807, 2.05) is 6.92 Å². The fourth-order valence-corrected chi connectivity index (χ4v) is 1.62. The van der Waals surface area contributed by atoms with Crippen LogP contribution in [0.15, 0.2) is 11.0 Å². The van der Waals surface area contributed by atoms with E-state index in [2.05, 4.69) is 10.4 Å². The number of rotatable bonds is 1. The summed E-state index contributed by atoms with van der Waals surface area (Å²) in [6.07, 6.45) is 3.85. The molecule has 0 saturated carbocycles. The summed E-state index contributed by atoms with van der Waals surface area (Å²) < 4.78 is 1.48. The normalized spacial score (nSPS) is 14.8. The van der Waals surface area contributed by atoms with Gasteiger partial charge in [0.2, 0.25) is 0 Å². The van der Waals surface area contributed by atoms with Gasteiger partial charge in [-0.25, -0.2) is 4.68 Å². The summed E-state index contributed by atoms with van der Waals surface area (Å²) in [6, 6.07) is 0. The molecule has 0 fully saturated rings. The highest BCUT2D eigenvalue weighted by atomic mass is 16.1. The van der Waals surface area contributed by atoms with Crippen molar-refractivity contribution in [3.05, 3.63) is 22.1 Å². The fourth-order valence-electron chi connectivity index (χ4n) is 1.62. The number of anilines is 1. The molecular weight excluding hydrogens is 166 g/mol. The quantitative estimate of drug-likeness (QED) is 0.687. The maximum Gasteiger partial charge on any atom is 0.290 e. The molecule has 1 aromatic heterocycles. The van der Waals surface area contributed by atoms with Crippen LogP contribution in [0.5, 0.6) is 0 Å². The lowest BCUT2D eigenvalue weighted by molar-refractivity contribution is 0.607. The second-order valence-electron chi connectivity index (χ2n) is 3.20. The molecular formula is C9H13N3O. The Labute approximate surface area is 76.6 Å². The number of nitrogens with one attached hydrogen (secondary N) is 1. The third-order valence-corrected chi connectivity index (χ3v) is 2.35. The third-order valence-electron chi connectivity index (χ3n) is 2.35. The molecule has 0 aromatic carbocycles. The summed E-state index contributed by atoms with van der Waals surface area (Å²) in [6.45, 7) is 3.45. The zero-order valence-electron chi connectivity index (χ0n) is 7.71. The highest BCUT2D eigenvalue weighted by Crippen LogP contribution is 2.15. The number of aromatic nitrogens is 2. The van der Waals surface area contributed by atoms with Crippen LogP contribution in [0.4, 0.5) is 5.69 Å². The predicted molar refractivity (Wildman–Crippen MR) is 51.0 cm³/mol. The van der Waals surface area contributed by atoms with Crippen molar-refractivity contribution in [3.63, 3.8) is 0 Å². The Balaban J connectivity index is 2.55. The number of nitrogens with zero attached hydrogens (tertiary/aromatic N) is 2. The van der Waals surface area contributed by atoms with E-state index >= 15 is 0 Å². The molecule has 1 aliphatic heterocycles. The Bertz CT molecular complexity index is 370. The second-order valence-corrected chi connectivity index (χ2v) is 3.20. The number of aryl methyl sites for hydroxylation is 2. The van der Waals surface area contributed by atoms with Crippen molar-refractivity contribution < 1.29 is 0 Å². The molecule has 0 saturated heterocycles. The van der Waals surface area contributed by atoms with E-state index in [1.54, 1.807) is 6.20 Å². The Morgan fingerprint density at radius 2 is 2.54 bits per heavy atom. The van der Waals surface area contributed by atoms with Crippen molar-refractivity contribution in [1.82, 2.24) is 9.78 Å². The number of hydrogen-bond donors (Lipinski definition) is 1. The Morgan fingerprint density at radius 1 is 1.69 bits per heavy atom. The number of hydrogen-bond acceptors (Lipinski definition) is 3. The minimum Gasteiger partial charge on any atom is -0.380 e. The first-order valence-electron chi connectivity index (χ1n) is 4.66. The summed E-state index contributed by atoms with van der Waals surface area (Å²) in [4.78, 5) is 11.7. The summed E-state index contributed by atoms with van der Waals surface area (Å²) in [5.41, 5.74) is 1.82. The maximum absolute atomic E-state index is 11.7. The lowest BCUT2D eigenvalue weighted by atomic mass is 10.1. The smallest absolute Gasteiger partial charge is 0.290 e. The lowest BCUT2D eigenvalue weighted by Crippen LogP contribution is -2.29. The van der Waals surface area contributed by atoms with Crippen LogP contribution in [-0.2, 0) is 13.0 Å². The van der Waals surface area contributed by atoms with Gasteiger partial charge in [0, 0.05) is 18.7 Å². The van der Waals surface area contributed by atoms with E-state index in [0.717, 1.165) is 30.6 Å². The number of fused-ring (bicyclic) bond motifs is 1. The van der Waals surface area contributed by atoms with Gasteiger partial charge >= 0.3 is 0 Å². The van der Waals surface area contributed by atoms with Gasteiger partial charge in [-0.05, 0) is 19.8 Å². The molecule has 0 atom stereocenters. The molecule has 1 aromatic rings. The molecule has 2 rings (SSSR count). The molecule has 0 unspecified atom stereocenters. The van der Waals surface area contributed by atoms with E-state index < -0.39 is 0 Å². The largest absolute Gasteiger partial charge is 0.380 e. The first kappa shape index (κ1) is 8.29. The highest BCUT2D eigenvalue weighted by molar-refractivity contribution is 5.49. The molecule has 70 valence electrons. The molecule has 1 aliphatic rings. The summed E-state index contributed by atoms with van der Waals surface area (Å²) in [5, 5.41) is 7.21. The zero-order chi connectivity index (χ0) is 9.26. The SMILES string of the molecule is CCn1ncc2c(c1=O)NCCC2. The Morgan fingerprint density at radius 3 is 3.31 bits per heavy atom. The lowest BCUT2D eigenvalue weighted by Gasteiger charge is -2.17. The van der Waals surface area contributed by atoms with Crippen LogP contribution in [0.25, 0.3) is 0 Å².